The average molecular weight is 209 g/mol. The van der Waals surface area contributed by atoms with Crippen molar-refractivity contribution in [3.8, 4) is 0 Å². The van der Waals surface area contributed by atoms with Gasteiger partial charge >= 0.3 is 0 Å². The molecule has 0 atom stereocenters. The quantitative estimate of drug-likeness (QED) is 0.744. The normalized spacial score (nSPS) is 15.3. The molecule has 1 aliphatic carbocycles. The fourth-order valence-corrected chi connectivity index (χ4v) is 1.49. The van der Waals surface area contributed by atoms with E-state index >= 15 is 0 Å². The standard InChI is InChI=1S/C9H15N5O/c1-2-14(5-6-3-4-6)8(15)7-11-9(10)13-12-7/h6H,2-5H2,1H3,(H3,10,11,12,13). The first-order valence-electron chi connectivity index (χ1n) is 5.18. The third-order valence-corrected chi connectivity index (χ3v) is 2.55. The molecular weight excluding hydrogens is 194 g/mol. The molecule has 0 saturated heterocycles. The van der Waals surface area contributed by atoms with Crippen LogP contribution in [0.5, 0.6) is 0 Å². The molecule has 1 amide bonds. The zero-order valence-corrected chi connectivity index (χ0v) is 8.73. The second-order valence-corrected chi connectivity index (χ2v) is 3.83. The summed E-state index contributed by atoms with van der Waals surface area (Å²) in [5, 5.41) is 6.18. The predicted molar refractivity (Wildman–Crippen MR) is 55.1 cm³/mol. The Morgan fingerprint density at radius 1 is 1.67 bits per heavy atom. The lowest BCUT2D eigenvalue weighted by Gasteiger charge is -2.18. The van der Waals surface area contributed by atoms with E-state index in [-0.39, 0.29) is 17.7 Å². The number of aromatic nitrogens is 3. The van der Waals surface area contributed by atoms with E-state index in [9.17, 15) is 4.79 Å². The summed E-state index contributed by atoms with van der Waals surface area (Å²) in [5.74, 6) is 0.901. The number of nitrogens with zero attached hydrogens (tertiary/aromatic N) is 3. The molecule has 1 aromatic heterocycles. The number of nitrogen functional groups attached to an aromatic ring is 1. The van der Waals surface area contributed by atoms with Gasteiger partial charge in [-0.3, -0.25) is 9.89 Å². The highest BCUT2D eigenvalue weighted by Crippen LogP contribution is 2.29. The fraction of sp³-hybridized carbons (Fsp3) is 0.667. The summed E-state index contributed by atoms with van der Waals surface area (Å²) in [7, 11) is 0. The van der Waals surface area contributed by atoms with Crippen LogP contribution in [-0.2, 0) is 0 Å². The molecule has 0 aliphatic heterocycles. The van der Waals surface area contributed by atoms with Gasteiger partial charge < -0.3 is 10.6 Å². The molecule has 0 spiro atoms. The number of hydrogen-bond donors (Lipinski definition) is 2. The second kappa shape index (κ2) is 3.88. The van der Waals surface area contributed by atoms with Crippen molar-refractivity contribution < 1.29 is 4.79 Å². The number of aromatic amines is 1. The largest absolute Gasteiger partial charge is 0.366 e. The summed E-state index contributed by atoms with van der Waals surface area (Å²) in [6.45, 7) is 3.46. The minimum absolute atomic E-state index is 0.112. The Hall–Kier alpha value is -1.59. The van der Waals surface area contributed by atoms with Crippen molar-refractivity contribution in [2.45, 2.75) is 19.8 Å². The van der Waals surface area contributed by atoms with Crippen LogP contribution < -0.4 is 5.73 Å². The van der Waals surface area contributed by atoms with Gasteiger partial charge in [-0.05, 0) is 25.7 Å². The maximum atomic E-state index is 11.9. The Bertz CT molecular complexity index is 357. The van der Waals surface area contributed by atoms with E-state index in [4.69, 9.17) is 5.73 Å². The first-order valence-corrected chi connectivity index (χ1v) is 5.18. The van der Waals surface area contributed by atoms with E-state index in [0.717, 1.165) is 6.54 Å². The molecule has 1 aromatic rings. The van der Waals surface area contributed by atoms with E-state index in [2.05, 4.69) is 15.2 Å². The molecule has 6 heteroatoms. The third-order valence-electron chi connectivity index (χ3n) is 2.55. The Kier molecular flexibility index (Phi) is 2.57. The molecule has 0 unspecified atom stereocenters. The van der Waals surface area contributed by atoms with Crippen LogP contribution in [-0.4, -0.2) is 39.1 Å². The number of amides is 1. The number of rotatable bonds is 4. The number of anilines is 1. The fourth-order valence-electron chi connectivity index (χ4n) is 1.49. The number of carbonyl (C=O) groups is 1. The van der Waals surface area contributed by atoms with E-state index in [1.807, 2.05) is 6.92 Å². The highest BCUT2D eigenvalue weighted by Gasteiger charge is 2.27. The van der Waals surface area contributed by atoms with Crippen molar-refractivity contribution in [1.29, 1.82) is 0 Å². The lowest BCUT2D eigenvalue weighted by molar-refractivity contribution is 0.0745. The average Bonchev–Trinajstić information content (AvgIpc) is 2.95. The van der Waals surface area contributed by atoms with Gasteiger partial charge in [-0.1, -0.05) is 0 Å². The van der Waals surface area contributed by atoms with Gasteiger partial charge in [0.1, 0.15) is 0 Å². The number of nitrogens with one attached hydrogen (secondary N) is 1. The van der Waals surface area contributed by atoms with Crippen LogP contribution in [0.2, 0.25) is 0 Å². The van der Waals surface area contributed by atoms with E-state index < -0.39 is 0 Å². The Balaban J connectivity index is 2.03. The predicted octanol–water partition coefficient (Wildman–Crippen LogP) is 0.259. The minimum Gasteiger partial charge on any atom is -0.366 e. The smallest absolute Gasteiger partial charge is 0.291 e. The van der Waals surface area contributed by atoms with Crippen molar-refractivity contribution in [3.05, 3.63) is 5.82 Å². The van der Waals surface area contributed by atoms with Crippen molar-refractivity contribution in [2.75, 3.05) is 18.8 Å². The molecule has 2 rings (SSSR count). The molecule has 15 heavy (non-hydrogen) atoms. The summed E-state index contributed by atoms with van der Waals surface area (Å²) in [6, 6.07) is 0. The zero-order valence-electron chi connectivity index (χ0n) is 8.73. The molecule has 0 aromatic carbocycles. The second-order valence-electron chi connectivity index (χ2n) is 3.83. The highest BCUT2D eigenvalue weighted by molar-refractivity contribution is 5.90. The lowest BCUT2D eigenvalue weighted by Crippen LogP contribution is -2.33. The summed E-state index contributed by atoms with van der Waals surface area (Å²) < 4.78 is 0. The molecule has 1 aliphatic rings. The molecule has 3 N–H and O–H groups in total. The van der Waals surface area contributed by atoms with Crippen molar-refractivity contribution in [2.24, 2.45) is 5.92 Å². The van der Waals surface area contributed by atoms with Gasteiger partial charge in [0.05, 0.1) is 0 Å². The number of hydrogen-bond acceptors (Lipinski definition) is 4. The van der Waals surface area contributed by atoms with Crippen LogP contribution in [0.3, 0.4) is 0 Å². The first kappa shape index (κ1) is 9.95. The van der Waals surface area contributed by atoms with Crippen LogP contribution in [0.15, 0.2) is 0 Å². The Morgan fingerprint density at radius 3 is 2.87 bits per heavy atom. The van der Waals surface area contributed by atoms with Gasteiger partial charge in [0.2, 0.25) is 11.8 Å². The molecule has 82 valence electrons. The van der Waals surface area contributed by atoms with Crippen LogP contribution in [0.4, 0.5) is 5.95 Å². The number of carbonyl (C=O) groups excluding carboxylic acids is 1. The van der Waals surface area contributed by atoms with Crippen LogP contribution >= 0.6 is 0 Å². The summed E-state index contributed by atoms with van der Waals surface area (Å²) >= 11 is 0. The van der Waals surface area contributed by atoms with Gasteiger partial charge in [0.25, 0.3) is 5.91 Å². The summed E-state index contributed by atoms with van der Waals surface area (Å²) in [6.07, 6.45) is 2.45. The summed E-state index contributed by atoms with van der Waals surface area (Å²) in [5.41, 5.74) is 5.35. The van der Waals surface area contributed by atoms with Crippen molar-refractivity contribution in [3.63, 3.8) is 0 Å². The molecule has 1 saturated carbocycles. The zero-order chi connectivity index (χ0) is 10.8. The first-order chi connectivity index (χ1) is 7.20. The van der Waals surface area contributed by atoms with E-state index in [1.165, 1.54) is 12.8 Å². The highest BCUT2D eigenvalue weighted by atomic mass is 16.2. The maximum Gasteiger partial charge on any atom is 0.291 e. The SMILES string of the molecule is CCN(CC1CC1)C(=O)c1nc(N)n[nH]1. The molecular formula is C9H15N5O. The van der Waals surface area contributed by atoms with Crippen LogP contribution in [0, 0.1) is 5.92 Å². The molecule has 1 fully saturated rings. The van der Waals surface area contributed by atoms with E-state index in [1.54, 1.807) is 4.90 Å². The van der Waals surface area contributed by atoms with Gasteiger partial charge in [0.15, 0.2) is 0 Å². The van der Waals surface area contributed by atoms with Gasteiger partial charge in [-0.15, -0.1) is 5.10 Å². The van der Waals surface area contributed by atoms with Crippen LogP contribution in [0.25, 0.3) is 0 Å². The van der Waals surface area contributed by atoms with Gasteiger partial charge in [0, 0.05) is 13.1 Å². The van der Waals surface area contributed by atoms with Crippen molar-refractivity contribution in [1.82, 2.24) is 20.1 Å². The molecule has 6 nitrogen and oxygen atoms in total. The minimum atomic E-state index is -0.117. The summed E-state index contributed by atoms with van der Waals surface area (Å²) in [4.78, 5) is 17.5. The topological polar surface area (TPSA) is 87.9 Å². The number of nitrogens with two attached hydrogens (primary N) is 1. The van der Waals surface area contributed by atoms with Gasteiger partial charge in [-0.25, -0.2) is 0 Å². The lowest BCUT2D eigenvalue weighted by atomic mass is 10.3. The molecule has 0 bridgehead atoms. The third kappa shape index (κ3) is 2.26. The molecule has 0 radical (unpaired) electrons. The Morgan fingerprint density at radius 2 is 2.40 bits per heavy atom. The van der Waals surface area contributed by atoms with Crippen LogP contribution in [0.1, 0.15) is 30.4 Å². The van der Waals surface area contributed by atoms with Gasteiger partial charge in [-0.2, -0.15) is 4.98 Å². The Labute approximate surface area is 87.9 Å². The number of H-pyrrole nitrogens is 1. The van der Waals surface area contributed by atoms with E-state index in [0.29, 0.717) is 12.5 Å². The maximum absolute atomic E-state index is 11.9. The monoisotopic (exact) mass is 209 g/mol. The van der Waals surface area contributed by atoms with Crippen molar-refractivity contribution >= 4 is 11.9 Å². The molecule has 1 heterocycles.